The van der Waals surface area contributed by atoms with Gasteiger partial charge in [0.2, 0.25) is 0 Å². The fourth-order valence-corrected chi connectivity index (χ4v) is 17.9. The van der Waals surface area contributed by atoms with Crippen LogP contribution >= 0.6 is 0 Å². The molecule has 1 heterocycles. The molecule has 91 heavy (non-hydrogen) atoms. The van der Waals surface area contributed by atoms with Crippen molar-refractivity contribution in [2.45, 2.75) is 10.8 Å². The SMILES string of the molecule is c1ccc2c(c1)-c1ccccc1C21c2ccccc2-c2ccc(-c3ccc4c(c3)c3cc(-c5ccc6c(c5)C5(c7ccccc7-c7ccccc75)c5ccccc5-6)ccc3n4-c3ccc(-c4cccc5cc6c7ccccc7c7ccccc7c6cc45)cc3)cc21. The molecule has 0 unspecified atom stereocenters. The molecule has 0 saturated heterocycles. The molecular formula is C90H53N. The molecule has 21 rings (SSSR count). The second-order valence-electron chi connectivity index (χ2n) is 25.7. The van der Waals surface area contributed by atoms with Gasteiger partial charge in [-0.15, -0.1) is 0 Å². The largest absolute Gasteiger partial charge is 0.309 e. The zero-order valence-electron chi connectivity index (χ0n) is 49.5. The molecule has 4 aliphatic carbocycles. The Labute approximate surface area is 526 Å². The summed E-state index contributed by atoms with van der Waals surface area (Å²) in [7, 11) is 0. The number of benzene rings is 16. The van der Waals surface area contributed by atoms with Crippen molar-refractivity contribution >= 4 is 64.9 Å². The number of hydrogen-bond donors (Lipinski definition) is 0. The maximum Gasteiger partial charge on any atom is 0.0725 e. The lowest BCUT2D eigenvalue weighted by atomic mass is 9.70. The minimum absolute atomic E-state index is 0.433. The molecule has 2 spiro atoms. The lowest BCUT2D eigenvalue weighted by Gasteiger charge is -2.30. The standard InChI is InChI=1S/C90H53N/c1-3-21-64-62(19-1)63-20-2-4-22-65(63)76-53-74-59(50-75(64)76)18-17-29-61(74)54-36-42-60(43-37-54)91-87-46-40-55(57-38-44-72-70-27-9-15-34-83(70)89(85(72)51-57)79-30-11-5-23-66(79)67-24-6-12-31-80(67)89)48-77(87)78-49-56(41-47-88(78)91)58-39-45-73-71-28-10-16-35-84(71)90(86(73)52-58)81-32-13-7-25-68(81)69-26-8-14-33-82(69)90/h1-53H. The summed E-state index contributed by atoms with van der Waals surface area (Å²) in [5, 5.41) is 12.7. The molecule has 0 fully saturated rings. The normalized spacial score (nSPS) is 13.9. The highest BCUT2D eigenvalue weighted by Gasteiger charge is 2.53. The van der Waals surface area contributed by atoms with Crippen LogP contribution in [0, 0.1) is 0 Å². The molecule has 0 amide bonds. The van der Waals surface area contributed by atoms with Gasteiger partial charge in [-0.2, -0.15) is 0 Å². The zero-order chi connectivity index (χ0) is 59.3. The van der Waals surface area contributed by atoms with Gasteiger partial charge in [0.1, 0.15) is 0 Å². The van der Waals surface area contributed by atoms with E-state index in [2.05, 4.69) is 326 Å². The third-order valence-corrected chi connectivity index (χ3v) is 21.6. The topological polar surface area (TPSA) is 4.93 Å². The summed E-state index contributed by atoms with van der Waals surface area (Å²) in [6.07, 6.45) is 0. The Kier molecular flexibility index (Phi) is 9.77. The summed E-state index contributed by atoms with van der Waals surface area (Å²) in [5.74, 6) is 0. The molecule has 0 bridgehead atoms. The number of rotatable bonds is 4. The van der Waals surface area contributed by atoms with E-state index in [0.717, 1.165) is 5.69 Å². The van der Waals surface area contributed by atoms with Crippen LogP contribution in [0.15, 0.2) is 322 Å². The summed E-state index contributed by atoms with van der Waals surface area (Å²) >= 11 is 0. The highest BCUT2D eigenvalue weighted by atomic mass is 15.0. The highest BCUT2D eigenvalue weighted by molar-refractivity contribution is 6.28. The van der Waals surface area contributed by atoms with Gasteiger partial charge in [0.25, 0.3) is 0 Å². The van der Waals surface area contributed by atoms with Crippen molar-refractivity contribution in [3.05, 3.63) is 366 Å². The Morgan fingerprint density at radius 1 is 0.176 bits per heavy atom. The average Bonchev–Trinajstić information content (AvgIpc) is 1.52. The van der Waals surface area contributed by atoms with Crippen LogP contribution in [0.3, 0.4) is 0 Å². The first-order chi connectivity index (χ1) is 45.1. The minimum Gasteiger partial charge on any atom is -0.309 e. The lowest BCUT2D eigenvalue weighted by molar-refractivity contribution is 0.794. The van der Waals surface area contributed by atoms with E-state index >= 15 is 0 Å². The summed E-state index contributed by atoms with van der Waals surface area (Å²) in [5.41, 5.74) is 31.2. The van der Waals surface area contributed by atoms with Crippen molar-refractivity contribution < 1.29 is 0 Å². The van der Waals surface area contributed by atoms with Crippen LogP contribution in [0.5, 0.6) is 0 Å². The van der Waals surface area contributed by atoms with E-state index in [0.29, 0.717) is 0 Å². The van der Waals surface area contributed by atoms with Crippen molar-refractivity contribution in [3.63, 3.8) is 0 Å². The second-order valence-corrected chi connectivity index (χ2v) is 25.7. The molecule has 1 aromatic heterocycles. The monoisotopic (exact) mass is 1150 g/mol. The number of hydrogen-bond acceptors (Lipinski definition) is 0. The van der Waals surface area contributed by atoms with Gasteiger partial charge in [-0.05, 0) is 226 Å². The van der Waals surface area contributed by atoms with Gasteiger partial charge >= 0.3 is 0 Å². The fourth-order valence-electron chi connectivity index (χ4n) is 17.9. The van der Waals surface area contributed by atoms with Crippen molar-refractivity contribution in [2.75, 3.05) is 0 Å². The molecular weight excluding hydrogens is 1090 g/mol. The Morgan fingerprint density at radius 2 is 0.495 bits per heavy atom. The van der Waals surface area contributed by atoms with E-state index in [-0.39, 0.29) is 0 Å². The molecule has 0 aliphatic heterocycles. The maximum atomic E-state index is 2.52. The molecule has 16 aromatic carbocycles. The molecule has 1 heteroatoms. The van der Waals surface area contributed by atoms with Crippen LogP contribution in [0.25, 0.3) is 148 Å². The number of fused-ring (bicyclic) bond motifs is 30. The van der Waals surface area contributed by atoms with E-state index in [1.165, 1.54) is 187 Å². The first-order valence-electron chi connectivity index (χ1n) is 32.0. The van der Waals surface area contributed by atoms with E-state index in [1.807, 2.05) is 0 Å². The summed E-state index contributed by atoms with van der Waals surface area (Å²) in [6.45, 7) is 0. The van der Waals surface area contributed by atoms with Gasteiger partial charge in [-0.25, -0.2) is 0 Å². The van der Waals surface area contributed by atoms with Crippen LogP contribution < -0.4 is 0 Å². The molecule has 4 aliphatic rings. The Hall–Kier alpha value is -11.6. The van der Waals surface area contributed by atoms with Crippen molar-refractivity contribution in [2.24, 2.45) is 0 Å². The molecule has 0 radical (unpaired) electrons. The average molecular weight is 1150 g/mol. The van der Waals surface area contributed by atoms with Gasteiger partial charge in [0, 0.05) is 16.5 Å². The van der Waals surface area contributed by atoms with E-state index < -0.39 is 10.8 Å². The maximum absolute atomic E-state index is 2.52. The van der Waals surface area contributed by atoms with Crippen LogP contribution in [-0.4, -0.2) is 4.57 Å². The van der Waals surface area contributed by atoms with E-state index in [4.69, 9.17) is 0 Å². The van der Waals surface area contributed by atoms with Crippen molar-refractivity contribution in [1.82, 2.24) is 4.57 Å². The summed E-state index contributed by atoms with van der Waals surface area (Å²) in [6, 6.07) is 122. The smallest absolute Gasteiger partial charge is 0.0725 e. The van der Waals surface area contributed by atoms with Crippen molar-refractivity contribution in [3.8, 4) is 83.6 Å². The fraction of sp³-hybridized carbons (Fsp3) is 0.0222. The van der Waals surface area contributed by atoms with Gasteiger partial charge in [-0.1, -0.05) is 261 Å². The second kappa shape index (κ2) is 18.0. The lowest BCUT2D eigenvalue weighted by Crippen LogP contribution is -2.25. The zero-order valence-corrected chi connectivity index (χ0v) is 49.5. The van der Waals surface area contributed by atoms with Crippen molar-refractivity contribution in [1.29, 1.82) is 0 Å². The van der Waals surface area contributed by atoms with Gasteiger partial charge in [0.05, 0.1) is 21.9 Å². The van der Waals surface area contributed by atoms with Gasteiger partial charge < -0.3 is 4.57 Å². The number of aromatic nitrogens is 1. The van der Waals surface area contributed by atoms with Gasteiger partial charge in [0.15, 0.2) is 0 Å². The van der Waals surface area contributed by atoms with Gasteiger partial charge in [-0.3, -0.25) is 0 Å². The molecule has 0 N–H and O–H groups in total. The third kappa shape index (κ3) is 6.34. The minimum atomic E-state index is -0.433. The molecule has 0 saturated carbocycles. The first kappa shape index (κ1) is 49.4. The Morgan fingerprint density at radius 3 is 0.912 bits per heavy atom. The van der Waals surface area contributed by atoms with E-state index in [9.17, 15) is 0 Å². The molecule has 17 aromatic rings. The van der Waals surface area contributed by atoms with Crippen LogP contribution in [0.1, 0.15) is 44.5 Å². The third-order valence-electron chi connectivity index (χ3n) is 21.6. The van der Waals surface area contributed by atoms with Crippen LogP contribution in [-0.2, 0) is 10.8 Å². The predicted octanol–water partition coefficient (Wildman–Crippen LogP) is 23.1. The first-order valence-corrected chi connectivity index (χ1v) is 32.0. The Balaban J connectivity index is 0.756. The summed E-state index contributed by atoms with van der Waals surface area (Å²) < 4.78 is 2.50. The van der Waals surface area contributed by atoms with E-state index in [1.54, 1.807) is 0 Å². The van der Waals surface area contributed by atoms with Crippen LogP contribution in [0.2, 0.25) is 0 Å². The summed E-state index contributed by atoms with van der Waals surface area (Å²) in [4.78, 5) is 0. The van der Waals surface area contributed by atoms with Crippen LogP contribution in [0.4, 0.5) is 0 Å². The quantitative estimate of drug-likeness (QED) is 0.122. The predicted molar refractivity (Wildman–Crippen MR) is 380 cm³/mol. The molecule has 1 nitrogen and oxygen atoms in total. The number of nitrogens with zero attached hydrogens (tertiary/aromatic N) is 1. The molecule has 0 atom stereocenters. The molecule has 418 valence electrons. The highest BCUT2D eigenvalue weighted by Crippen LogP contribution is 2.65. The Bertz CT molecular complexity index is 5710.